The highest BCUT2D eigenvalue weighted by Crippen LogP contribution is 2.35. The number of fused-ring (bicyclic) bond motifs is 1. The van der Waals surface area contributed by atoms with Gasteiger partial charge in [-0.15, -0.1) is 0 Å². The Morgan fingerprint density at radius 3 is 2.76 bits per heavy atom. The van der Waals surface area contributed by atoms with Gasteiger partial charge in [0.1, 0.15) is 11.0 Å². The lowest BCUT2D eigenvalue weighted by atomic mass is 9.74. The SMILES string of the molecule is CCCCNc1nc(N)nc2cnn(Cc3ccc(C(=O)N4CC5(CNC5)C4)cc3C(F)F)c12. The molecule has 34 heavy (non-hydrogen) atoms. The van der Waals surface area contributed by atoms with Crippen LogP contribution in [0.3, 0.4) is 0 Å². The zero-order chi connectivity index (χ0) is 23.9. The number of nitrogens with zero attached hydrogens (tertiary/aromatic N) is 5. The first-order valence-corrected chi connectivity index (χ1v) is 11.5. The molecular formula is C23H28F2N8O. The average molecular weight is 471 g/mol. The van der Waals surface area contributed by atoms with Gasteiger partial charge in [0.05, 0.1) is 12.7 Å². The van der Waals surface area contributed by atoms with Crippen molar-refractivity contribution in [1.82, 2.24) is 30.0 Å². The lowest BCUT2D eigenvalue weighted by Crippen LogP contribution is -2.71. The Morgan fingerprint density at radius 2 is 2.09 bits per heavy atom. The van der Waals surface area contributed by atoms with E-state index < -0.39 is 6.43 Å². The van der Waals surface area contributed by atoms with Gasteiger partial charge >= 0.3 is 0 Å². The number of nitrogens with two attached hydrogens (primary N) is 1. The molecule has 180 valence electrons. The second-order valence-corrected chi connectivity index (χ2v) is 9.23. The van der Waals surface area contributed by atoms with E-state index >= 15 is 0 Å². The maximum atomic E-state index is 14.0. The van der Waals surface area contributed by atoms with Crippen molar-refractivity contribution in [1.29, 1.82) is 0 Å². The van der Waals surface area contributed by atoms with Crippen LogP contribution in [-0.2, 0) is 6.54 Å². The Balaban J connectivity index is 1.41. The van der Waals surface area contributed by atoms with Crippen molar-refractivity contribution >= 4 is 28.7 Å². The molecule has 0 atom stereocenters. The summed E-state index contributed by atoms with van der Waals surface area (Å²) in [5.74, 6) is 0.436. The minimum atomic E-state index is -2.72. The summed E-state index contributed by atoms with van der Waals surface area (Å²) in [6, 6.07) is 4.52. The Kier molecular flexibility index (Phi) is 5.80. The fourth-order valence-electron chi connectivity index (χ4n) is 4.67. The number of halogens is 2. The molecule has 4 heterocycles. The number of likely N-dealkylation sites (tertiary alicyclic amines) is 1. The summed E-state index contributed by atoms with van der Waals surface area (Å²) in [7, 11) is 0. The topological polar surface area (TPSA) is 114 Å². The van der Waals surface area contributed by atoms with E-state index in [0.29, 0.717) is 42.0 Å². The first kappa shape index (κ1) is 22.5. The second kappa shape index (κ2) is 8.79. The largest absolute Gasteiger partial charge is 0.368 e. The molecule has 2 aliphatic rings. The van der Waals surface area contributed by atoms with E-state index in [9.17, 15) is 13.6 Å². The van der Waals surface area contributed by atoms with Crippen LogP contribution in [0.4, 0.5) is 20.5 Å². The molecule has 2 saturated heterocycles. The quantitative estimate of drug-likeness (QED) is 0.434. The lowest BCUT2D eigenvalue weighted by Gasteiger charge is -2.56. The van der Waals surface area contributed by atoms with Gasteiger partial charge in [0, 0.05) is 49.3 Å². The summed E-state index contributed by atoms with van der Waals surface area (Å²) in [6.45, 7) is 6.01. The van der Waals surface area contributed by atoms with Crippen molar-refractivity contribution in [2.75, 3.05) is 43.8 Å². The lowest BCUT2D eigenvalue weighted by molar-refractivity contribution is -0.0248. The number of alkyl halides is 2. The van der Waals surface area contributed by atoms with Crippen molar-refractivity contribution in [2.24, 2.45) is 5.41 Å². The van der Waals surface area contributed by atoms with Gasteiger partial charge in [-0.3, -0.25) is 9.48 Å². The molecule has 2 fully saturated rings. The van der Waals surface area contributed by atoms with Crippen LogP contribution in [0.25, 0.3) is 11.0 Å². The van der Waals surface area contributed by atoms with Gasteiger partial charge in [-0.1, -0.05) is 19.4 Å². The zero-order valence-electron chi connectivity index (χ0n) is 19.0. The van der Waals surface area contributed by atoms with Crippen molar-refractivity contribution in [2.45, 2.75) is 32.7 Å². The van der Waals surface area contributed by atoms with Crippen molar-refractivity contribution in [3.05, 3.63) is 41.1 Å². The molecular weight excluding hydrogens is 442 g/mol. The van der Waals surface area contributed by atoms with Gasteiger partial charge in [-0.25, -0.2) is 13.8 Å². The highest BCUT2D eigenvalue weighted by atomic mass is 19.3. The fourth-order valence-corrected chi connectivity index (χ4v) is 4.67. The third kappa shape index (κ3) is 4.04. The van der Waals surface area contributed by atoms with Gasteiger partial charge in [0.25, 0.3) is 12.3 Å². The van der Waals surface area contributed by atoms with Crippen LogP contribution in [0.5, 0.6) is 0 Å². The van der Waals surface area contributed by atoms with Crippen molar-refractivity contribution in [3.63, 3.8) is 0 Å². The summed E-state index contributed by atoms with van der Waals surface area (Å²) in [5.41, 5.74) is 7.64. The van der Waals surface area contributed by atoms with Crippen molar-refractivity contribution in [3.8, 4) is 0 Å². The fraction of sp³-hybridized carbons (Fsp3) is 0.478. The molecule has 2 aromatic heterocycles. The molecule has 1 aromatic carbocycles. The van der Waals surface area contributed by atoms with Crippen molar-refractivity contribution < 1.29 is 13.6 Å². The van der Waals surface area contributed by atoms with Crippen LogP contribution >= 0.6 is 0 Å². The summed E-state index contributed by atoms with van der Waals surface area (Å²) in [5, 5.41) is 10.8. The third-order valence-electron chi connectivity index (χ3n) is 6.62. The number of amides is 1. The van der Waals surface area contributed by atoms with Crippen LogP contribution in [-0.4, -0.2) is 63.3 Å². The van der Waals surface area contributed by atoms with Gasteiger partial charge in [0.15, 0.2) is 5.82 Å². The first-order valence-electron chi connectivity index (χ1n) is 11.5. The van der Waals surface area contributed by atoms with Gasteiger partial charge in [-0.2, -0.15) is 10.1 Å². The standard InChI is InChI=1S/C23H28F2N8O/c1-2-3-6-28-20-18-17(30-22(26)31-20)8-29-33(18)9-15-5-4-14(7-16(15)19(24)25)21(34)32-12-23(13-32)10-27-11-23/h4-5,7-8,19,27H,2-3,6,9-13H2,1H3,(H3,26,28,30,31). The molecule has 0 radical (unpaired) electrons. The molecule has 4 N–H and O–H groups in total. The van der Waals surface area contributed by atoms with Crippen LogP contribution < -0.4 is 16.4 Å². The number of carbonyl (C=O) groups is 1. The van der Waals surface area contributed by atoms with E-state index in [2.05, 4.69) is 32.6 Å². The zero-order valence-corrected chi connectivity index (χ0v) is 19.0. The minimum absolute atomic E-state index is 0.0892. The number of unbranched alkanes of at least 4 members (excludes halogenated alkanes) is 1. The molecule has 2 aliphatic heterocycles. The second-order valence-electron chi connectivity index (χ2n) is 9.23. The predicted octanol–water partition coefficient (Wildman–Crippen LogP) is 2.65. The number of aromatic nitrogens is 4. The minimum Gasteiger partial charge on any atom is -0.368 e. The van der Waals surface area contributed by atoms with Gasteiger partial charge < -0.3 is 21.3 Å². The first-order chi connectivity index (χ1) is 16.4. The number of benzene rings is 1. The number of anilines is 2. The van der Waals surface area contributed by atoms with E-state index in [1.807, 2.05) is 0 Å². The Hall–Kier alpha value is -3.34. The van der Waals surface area contributed by atoms with E-state index in [1.165, 1.54) is 6.07 Å². The van der Waals surface area contributed by atoms with E-state index in [-0.39, 0.29) is 34.9 Å². The molecule has 11 heteroatoms. The monoisotopic (exact) mass is 470 g/mol. The average Bonchev–Trinajstić information content (AvgIpc) is 3.14. The van der Waals surface area contributed by atoms with Crippen LogP contribution in [0.1, 0.15) is 47.7 Å². The molecule has 5 rings (SSSR count). The maximum Gasteiger partial charge on any atom is 0.264 e. The molecule has 0 aliphatic carbocycles. The highest BCUT2D eigenvalue weighted by molar-refractivity contribution is 5.95. The smallest absolute Gasteiger partial charge is 0.264 e. The van der Waals surface area contributed by atoms with E-state index in [4.69, 9.17) is 5.73 Å². The normalized spacial score (nSPS) is 16.6. The summed E-state index contributed by atoms with van der Waals surface area (Å²) in [6.07, 6.45) is 0.776. The summed E-state index contributed by atoms with van der Waals surface area (Å²) >= 11 is 0. The molecule has 0 unspecified atom stereocenters. The maximum absolute atomic E-state index is 14.0. The Labute approximate surface area is 195 Å². The number of hydrogen-bond donors (Lipinski definition) is 3. The van der Waals surface area contributed by atoms with Crippen LogP contribution in [0, 0.1) is 5.41 Å². The van der Waals surface area contributed by atoms with Crippen LogP contribution in [0.15, 0.2) is 24.4 Å². The Morgan fingerprint density at radius 1 is 1.29 bits per heavy atom. The number of carbonyl (C=O) groups excluding carboxylic acids is 1. The Bertz CT molecular complexity index is 1220. The molecule has 0 bridgehead atoms. The van der Waals surface area contributed by atoms with Gasteiger partial charge in [-0.05, 0) is 24.1 Å². The summed E-state index contributed by atoms with van der Waals surface area (Å²) < 4.78 is 29.6. The van der Waals surface area contributed by atoms with Crippen LogP contribution in [0.2, 0.25) is 0 Å². The number of nitrogens with one attached hydrogen (secondary N) is 2. The number of rotatable bonds is 8. The molecule has 1 spiro atoms. The molecule has 1 amide bonds. The van der Waals surface area contributed by atoms with E-state index in [1.54, 1.807) is 27.9 Å². The number of hydrogen-bond acceptors (Lipinski definition) is 7. The predicted molar refractivity (Wildman–Crippen MR) is 125 cm³/mol. The van der Waals surface area contributed by atoms with Gasteiger partial charge in [0.2, 0.25) is 5.95 Å². The number of nitrogen functional groups attached to an aromatic ring is 1. The highest BCUT2D eigenvalue weighted by Gasteiger charge is 2.49. The summed E-state index contributed by atoms with van der Waals surface area (Å²) in [4.78, 5) is 23.1. The molecule has 3 aromatic rings. The van der Waals surface area contributed by atoms with E-state index in [0.717, 1.165) is 25.9 Å². The third-order valence-corrected chi connectivity index (χ3v) is 6.62. The molecule has 0 saturated carbocycles. The molecule has 9 nitrogen and oxygen atoms in total.